The second-order valence-corrected chi connectivity index (χ2v) is 8.71. The van der Waals surface area contributed by atoms with Gasteiger partial charge in [-0.1, -0.05) is 41.9 Å². The number of H-pyrrole nitrogens is 1. The van der Waals surface area contributed by atoms with Crippen LogP contribution in [0.4, 0.5) is 17.5 Å². The van der Waals surface area contributed by atoms with E-state index in [9.17, 15) is 14.4 Å². The van der Waals surface area contributed by atoms with Crippen LogP contribution in [0.3, 0.4) is 0 Å². The number of hydrogen-bond donors (Lipinski definition) is 3. The van der Waals surface area contributed by atoms with E-state index in [0.717, 1.165) is 6.42 Å². The molecule has 0 spiro atoms. The van der Waals surface area contributed by atoms with Crippen molar-refractivity contribution < 1.29 is 9.59 Å². The Hall–Kier alpha value is -3.65. The van der Waals surface area contributed by atoms with Crippen LogP contribution >= 0.6 is 11.6 Å². The molecule has 2 amide bonds. The minimum absolute atomic E-state index is 0.131. The van der Waals surface area contributed by atoms with Crippen molar-refractivity contribution in [2.45, 2.75) is 32.2 Å². The molecule has 3 aromatic rings. The first-order valence-corrected chi connectivity index (χ1v) is 11.1. The molecule has 33 heavy (non-hydrogen) atoms. The molecule has 0 aliphatic carbocycles. The fraction of sp³-hybridized carbons (Fsp3) is 0.250. The summed E-state index contributed by atoms with van der Waals surface area (Å²) in [6.45, 7) is 3.07. The van der Waals surface area contributed by atoms with Gasteiger partial charge in [0.2, 0.25) is 17.8 Å². The molecule has 1 atom stereocenters. The third-order valence-corrected chi connectivity index (χ3v) is 6.62. The Balaban J connectivity index is 1.46. The third-order valence-electron chi connectivity index (χ3n) is 6.21. The summed E-state index contributed by atoms with van der Waals surface area (Å²) >= 11 is 6.15. The lowest BCUT2D eigenvalue weighted by atomic mass is 9.92. The Bertz CT molecular complexity index is 1340. The molecule has 2 aromatic carbocycles. The number of hydrogen-bond acceptors (Lipinski definition) is 5. The number of benzene rings is 2. The Kier molecular flexibility index (Phi) is 5.38. The zero-order valence-corrected chi connectivity index (χ0v) is 18.7. The number of anilines is 3. The zero-order chi connectivity index (χ0) is 23.1. The molecule has 0 unspecified atom stereocenters. The fourth-order valence-corrected chi connectivity index (χ4v) is 4.55. The van der Waals surface area contributed by atoms with Gasteiger partial charge < -0.3 is 15.5 Å². The molecule has 0 fully saturated rings. The topological polar surface area (TPSA) is 107 Å². The zero-order valence-electron chi connectivity index (χ0n) is 17.9. The molecule has 0 saturated carbocycles. The lowest BCUT2D eigenvalue weighted by molar-refractivity contribution is -0.123. The van der Waals surface area contributed by atoms with Gasteiger partial charge in [-0.2, -0.15) is 4.98 Å². The molecular weight excluding hydrogens is 442 g/mol. The summed E-state index contributed by atoms with van der Waals surface area (Å²) in [6.07, 6.45) is 0.687. The van der Waals surface area contributed by atoms with Crippen LogP contribution in [0, 0.1) is 6.92 Å². The van der Waals surface area contributed by atoms with Gasteiger partial charge in [0.05, 0.1) is 11.5 Å². The van der Waals surface area contributed by atoms with Crippen molar-refractivity contribution in [3.05, 3.63) is 80.1 Å². The second-order valence-electron chi connectivity index (χ2n) is 8.30. The summed E-state index contributed by atoms with van der Waals surface area (Å²) in [5.41, 5.74) is 3.41. The molecule has 9 heteroatoms. The van der Waals surface area contributed by atoms with Gasteiger partial charge in [0.15, 0.2) is 0 Å². The molecule has 8 nitrogen and oxygen atoms in total. The van der Waals surface area contributed by atoms with Crippen LogP contribution in [0.5, 0.6) is 0 Å². The van der Waals surface area contributed by atoms with E-state index < -0.39 is 17.4 Å². The molecule has 1 aromatic heterocycles. The van der Waals surface area contributed by atoms with Crippen LogP contribution in [0.25, 0.3) is 0 Å². The van der Waals surface area contributed by atoms with Crippen molar-refractivity contribution in [2.24, 2.45) is 0 Å². The van der Waals surface area contributed by atoms with Crippen LogP contribution in [0.1, 0.15) is 34.6 Å². The van der Waals surface area contributed by atoms with Gasteiger partial charge in [0.1, 0.15) is 5.82 Å². The third kappa shape index (κ3) is 3.98. The normalized spacial score (nSPS) is 17.1. The van der Waals surface area contributed by atoms with E-state index in [1.54, 1.807) is 25.1 Å². The number of aromatic amines is 1. The highest BCUT2D eigenvalue weighted by atomic mass is 35.5. The highest BCUT2D eigenvalue weighted by molar-refractivity contribution is 6.31. The second kappa shape index (κ2) is 8.37. The van der Waals surface area contributed by atoms with Gasteiger partial charge in [0.25, 0.3) is 5.56 Å². The van der Waals surface area contributed by atoms with Crippen molar-refractivity contribution >= 4 is 40.9 Å². The molecule has 3 N–H and O–H groups in total. The molecule has 2 aliphatic heterocycles. The van der Waals surface area contributed by atoms with E-state index in [4.69, 9.17) is 11.6 Å². The molecule has 2 aliphatic rings. The maximum absolute atomic E-state index is 13.1. The Morgan fingerprint density at radius 2 is 1.94 bits per heavy atom. The summed E-state index contributed by atoms with van der Waals surface area (Å²) in [5.74, 6) is -1.27. The summed E-state index contributed by atoms with van der Waals surface area (Å²) in [6, 6.07) is 13.3. The van der Waals surface area contributed by atoms with E-state index in [-0.39, 0.29) is 23.7 Å². The quantitative estimate of drug-likeness (QED) is 0.552. The number of nitrogens with one attached hydrogen (secondary N) is 3. The smallest absolute Gasteiger partial charge is 0.258 e. The molecule has 168 valence electrons. The van der Waals surface area contributed by atoms with Crippen molar-refractivity contribution in [2.75, 3.05) is 22.1 Å². The van der Waals surface area contributed by atoms with Gasteiger partial charge >= 0.3 is 0 Å². The molecule has 0 radical (unpaired) electrons. The molecule has 0 saturated heterocycles. The molecule has 5 rings (SSSR count). The number of amides is 2. The molecule has 3 heterocycles. The lowest BCUT2D eigenvalue weighted by Gasteiger charge is -2.30. The largest absolute Gasteiger partial charge is 0.338 e. The highest BCUT2D eigenvalue weighted by Crippen LogP contribution is 2.32. The minimum Gasteiger partial charge on any atom is -0.338 e. The van der Waals surface area contributed by atoms with Crippen LogP contribution in [0.15, 0.2) is 47.3 Å². The average molecular weight is 464 g/mol. The van der Waals surface area contributed by atoms with Gasteiger partial charge in [0, 0.05) is 30.2 Å². The minimum atomic E-state index is -0.959. The van der Waals surface area contributed by atoms with E-state index in [1.165, 1.54) is 11.1 Å². The number of aromatic nitrogens is 2. The first-order valence-electron chi connectivity index (χ1n) is 10.7. The maximum atomic E-state index is 13.1. The maximum Gasteiger partial charge on any atom is 0.258 e. The summed E-state index contributed by atoms with van der Waals surface area (Å²) in [5, 5.41) is 5.99. The van der Waals surface area contributed by atoms with Crippen molar-refractivity contribution in [3.63, 3.8) is 0 Å². The Labute approximate surface area is 195 Å². The van der Waals surface area contributed by atoms with E-state index in [0.29, 0.717) is 35.3 Å². The number of fused-ring (bicyclic) bond motifs is 2. The van der Waals surface area contributed by atoms with E-state index in [1.807, 2.05) is 17.0 Å². The number of rotatable bonds is 3. The fourth-order valence-electron chi connectivity index (χ4n) is 4.37. The summed E-state index contributed by atoms with van der Waals surface area (Å²) in [7, 11) is 0. The van der Waals surface area contributed by atoms with Crippen LogP contribution in [0.2, 0.25) is 5.02 Å². The molecular formula is C24H22ClN5O3. The average Bonchev–Trinajstić information content (AvgIpc) is 2.80. The predicted octanol–water partition coefficient (Wildman–Crippen LogP) is 3.36. The van der Waals surface area contributed by atoms with Crippen molar-refractivity contribution in [1.82, 2.24) is 9.97 Å². The summed E-state index contributed by atoms with van der Waals surface area (Å²) < 4.78 is 0. The lowest BCUT2D eigenvalue weighted by Crippen LogP contribution is -2.39. The monoisotopic (exact) mass is 463 g/mol. The van der Waals surface area contributed by atoms with Crippen molar-refractivity contribution in [1.29, 1.82) is 0 Å². The Morgan fingerprint density at radius 3 is 2.76 bits per heavy atom. The van der Waals surface area contributed by atoms with E-state index >= 15 is 0 Å². The number of carbonyl (C=O) groups excluding carboxylic acids is 2. The first kappa shape index (κ1) is 21.2. The number of nitrogens with zero attached hydrogens (tertiary/aromatic N) is 2. The van der Waals surface area contributed by atoms with Crippen molar-refractivity contribution in [3.8, 4) is 0 Å². The SMILES string of the molecule is Cc1c(Cl)cccc1NC(=O)[C@H]1CC(=O)Nc2nc(N3CCc4ccccc4C3)[nH]c(=O)c21. The number of carbonyl (C=O) groups is 2. The van der Waals surface area contributed by atoms with Crippen LogP contribution in [-0.4, -0.2) is 28.3 Å². The summed E-state index contributed by atoms with van der Waals surface area (Å²) in [4.78, 5) is 47.9. The predicted molar refractivity (Wildman–Crippen MR) is 127 cm³/mol. The van der Waals surface area contributed by atoms with Gasteiger partial charge in [-0.05, 0) is 42.2 Å². The number of halogens is 1. The highest BCUT2D eigenvalue weighted by Gasteiger charge is 2.35. The Morgan fingerprint density at radius 1 is 1.15 bits per heavy atom. The first-order chi connectivity index (χ1) is 15.9. The van der Waals surface area contributed by atoms with Gasteiger partial charge in [-0.15, -0.1) is 0 Å². The van der Waals surface area contributed by atoms with Gasteiger partial charge in [-0.25, -0.2) is 0 Å². The van der Waals surface area contributed by atoms with E-state index in [2.05, 4.69) is 32.7 Å². The van der Waals surface area contributed by atoms with Crippen LogP contribution in [-0.2, 0) is 22.6 Å². The standard InChI is InChI=1S/C24H22ClN5O3/c1-13-17(25)7-4-8-18(13)26-22(32)16-11-19(31)27-21-20(16)23(33)29-24(28-21)30-10-9-14-5-2-3-6-15(14)12-30/h2-8,16H,9-12H2,1H3,(H,26,32)(H2,27,28,29,31,33)/t16-/m0/s1. The van der Waals surface area contributed by atoms with Gasteiger partial charge in [-0.3, -0.25) is 19.4 Å². The molecule has 0 bridgehead atoms. The van der Waals surface area contributed by atoms with Crippen LogP contribution < -0.4 is 21.1 Å².